The van der Waals surface area contributed by atoms with Gasteiger partial charge in [-0.3, -0.25) is 9.59 Å². The zero-order chi connectivity index (χ0) is 16.3. The molecule has 6 heteroatoms. The van der Waals surface area contributed by atoms with Crippen LogP contribution in [0.25, 0.3) is 0 Å². The predicted octanol–water partition coefficient (Wildman–Crippen LogP) is 1.56. The Morgan fingerprint density at radius 3 is 2.10 bits per heavy atom. The number of nitrogens with zero attached hydrogens (tertiary/aromatic N) is 1. The molecule has 0 aromatic rings. The van der Waals surface area contributed by atoms with Gasteiger partial charge in [-0.15, -0.1) is 0 Å². The highest BCUT2D eigenvalue weighted by atomic mass is 16.5. The van der Waals surface area contributed by atoms with Gasteiger partial charge in [-0.2, -0.15) is 5.06 Å². The summed E-state index contributed by atoms with van der Waals surface area (Å²) in [4.78, 5) is 22.6. The Morgan fingerprint density at radius 1 is 1.14 bits per heavy atom. The molecule has 21 heavy (non-hydrogen) atoms. The maximum atomic E-state index is 12.0. The second kappa shape index (κ2) is 6.75. The number of nitrogens with two attached hydrogens (primary N) is 1. The Morgan fingerprint density at radius 2 is 1.62 bits per heavy atom. The van der Waals surface area contributed by atoms with Crippen molar-refractivity contribution in [2.45, 2.75) is 83.3 Å². The van der Waals surface area contributed by atoms with Crippen molar-refractivity contribution in [3.05, 3.63) is 0 Å². The normalized spacial score (nSPS) is 22.0. The number of hydrogen-bond acceptors (Lipinski definition) is 4. The average Bonchev–Trinajstić information content (AvgIpc) is 2.30. The lowest BCUT2D eigenvalue weighted by Gasteiger charge is -2.51. The number of unbranched alkanes of at least 4 members (excludes halogenated alkanes) is 1. The van der Waals surface area contributed by atoms with Crippen LogP contribution in [0.5, 0.6) is 0 Å². The fourth-order valence-corrected chi connectivity index (χ4v) is 3.26. The molecule has 0 radical (unpaired) electrons. The lowest BCUT2D eigenvalue weighted by molar-refractivity contribution is -0.246. The van der Waals surface area contributed by atoms with Gasteiger partial charge in [0.15, 0.2) is 0 Å². The number of piperidine rings is 1. The summed E-state index contributed by atoms with van der Waals surface area (Å²) in [6.45, 7) is 7.89. The molecule has 1 aliphatic rings. The minimum absolute atomic E-state index is 0.00228. The lowest BCUT2D eigenvalue weighted by atomic mass is 9.79. The van der Waals surface area contributed by atoms with Crippen molar-refractivity contribution in [3.63, 3.8) is 0 Å². The summed E-state index contributed by atoms with van der Waals surface area (Å²) >= 11 is 0. The van der Waals surface area contributed by atoms with E-state index in [2.05, 4.69) is 5.32 Å². The van der Waals surface area contributed by atoms with E-state index in [-0.39, 0.29) is 28.9 Å². The zero-order valence-corrected chi connectivity index (χ0v) is 13.6. The highest BCUT2D eigenvalue weighted by molar-refractivity contribution is 5.76. The van der Waals surface area contributed by atoms with Crippen molar-refractivity contribution < 1.29 is 14.8 Å². The molecule has 0 unspecified atom stereocenters. The summed E-state index contributed by atoms with van der Waals surface area (Å²) in [5.41, 5.74) is 4.32. The van der Waals surface area contributed by atoms with Crippen molar-refractivity contribution in [3.8, 4) is 0 Å². The number of rotatable bonds is 6. The molecule has 1 fully saturated rings. The molecule has 6 nitrogen and oxygen atoms in total. The summed E-state index contributed by atoms with van der Waals surface area (Å²) in [7, 11) is 0. The molecule has 1 heterocycles. The van der Waals surface area contributed by atoms with Crippen molar-refractivity contribution in [1.29, 1.82) is 0 Å². The number of carbonyl (C=O) groups excluding carboxylic acids is 2. The van der Waals surface area contributed by atoms with Gasteiger partial charge in [-0.25, -0.2) is 0 Å². The van der Waals surface area contributed by atoms with E-state index in [4.69, 9.17) is 5.73 Å². The van der Waals surface area contributed by atoms with E-state index in [9.17, 15) is 14.8 Å². The predicted molar refractivity (Wildman–Crippen MR) is 80.6 cm³/mol. The van der Waals surface area contributed by atoms with Crippen LogP contribution in [0.2, 0.25) is 0 Å². The number of hydrogen-bond donors (Lipinski definition) is 3. The quantitative estimate of drug-likeness (QED) is 0.649. The van der Waals surface area contributed by atoms with Gasteiger partial charge in [0, 0.05) is 30.0 Å². The summed E-state index contributed by atoms with van der Waals surface area (Å²) in [6, 6.07) is 0.0574. The first kappa shape index (κ1) is 17.9. The average molecular weight is 299 g/mol. The first-order chi connectivity index (χ1) is 9.54. The third kappa shape index (κ3) is 5.28. The Kier molecular flexibility index (Phi) is 5.75. The molecule has 0 spiro atoms. The molecule has 122 valence electrons. The van der Waals surface area contributed by atoms with E-state index in [1.807, 2.05) is 27.7 Å². The maximum Gasteiger partial charge on any atom is 0.220 e. The first-order valence-electron chi connectivity index (χ1n) is 7.61. The third-order valence-corrected chi connectivity index (χ3v) is 4.08. The van der Waals surface area contributed by atoms with E-state index >= 15 is 0 Å². The summed E-state index contributed by atoms with van der Waals surface area (Å²) < 4.78 is 0. The molecule has 0 atom stereocenters. The van der Waals surface area contributed by atoms with Crippen LogP contribution in [-0.2, 0) is 9.59 Å². The molecule has 0 aliphatic carbocycles. The van der Waals surface area contributed by atoms with Crippen LogP contribution in [0.3, 0.4) is 0 Å². The molecule has 1 saturated heterocycles. The fourth-order valence-electron chi connectivity index (χ4n) is 3.26. The van der Waals surface area contributed by atoms with Gasteiger partial charge in [-0.05, 0) is 53.4 Å². The minimum Gasteiger partial charge on any atom is -0.370 e. The van der Waals surface area contributed by atoms with Crippen molar-refractivity contribution >= 4 is 11.8 Å². The molecule has 1 rings (SSSR count). The zero-order valence-electron chi connectivity index (χ0n) is 13.6. The Balaban J connectivity index is 2.44. The number of carbonyl (C=O) groups is 2. The molecule has 4 N–H and O–H groups in total. The van der Waals surface area contributed by atoms with Crippen LogP contribution in [0.1, 0.15) is 66.2 Å². The van der Waals surface area contributed by atoms with Crippen molar-refractivity contribution in [2.75, 3.05) is 0 Å². The Bertz CT molecular complexity index is 376. The molecule has 2 amide bonds. The minimum atomic E-state index is -0.369. The monoisotopic (exact) mass is 299 g/mol. The van der Waals surface area contributed by atoms with Gasteiger partial charge in [0.2, 0.25) is 11.8 Å². The van der Waals surface area contributed by atoms with Crippen LogP contribution in [-0.4, -0.2) is 39.2 Å². The first-order valence-corrected chi connectivity index (χ1v) is 7.61. The number of amides is 2. The summed E-state index contributed by atoms with van der Waals surface area (Å²) in [6.07, 6.45) is 3.47. The maximum absolute atomic E-state index is 12.0. The lowest BCUT2D eigenvalue weighted by Crippen LogP contribution is -2.62. The van der Waals surface area contributed by atoms with Gasteiger partial charge in [0.25, 0.3) is 0 Å². The Hall–Kier alpha value is -1.14. The molecule has 0 bridgehead atoms. The summed E-state index contributed by atoms with van der Waals surface area (Å²) in [5, 5.41) is 14.7. The SMILES string of the molecule is CC1(C)CC(NC(=O)CCCCC(N)=O)CC(C)(C)N1O. The molecule has 0 aromatic carbocycles. The van der Waals surface area contributed by atoms with Gasteiger partial charge in [-0.1, -0.05) is 0 Å². The van der Waals surface area contributed by atoms with E-state index in [0.717, 1.165) is 0 Å². The second-order valence-corrected chi connectivity index (χ2v) is 7.28. The number of hydroxylamine groups is 2. The molecule has 0 saturated carbocycles. The molecule has 1 aliphatic heterocycles. The van der Waals surface area contributed by atoms with E-state index in [1.54, 1.807) is 0 Å². The smallest absolute Gasteiger partial charge is 0.220 e. The van der Waals surface area contributed by atoms with E-state index in [0.29, 0.717) is 38.5 Å². The van der Waals surface area contributed by atoms with Crippen LogP contribution in [0.4, 0.5) is 0 Å². The van der Waals surface area contributed by atoms with Crippen LogP contribution in [0, 0.1) is 0 Å². The largest absolute Gasteiger partial charge is 0.370 e. The Labute approximate surface area is 127 Å². The van der Waals surface area contributed by atoms with Gasteiger partial charge < -0.3 is 16.3 Å². The van der Waals surface area contributed by atoms with Crippen LogP contribution in [0.15, 0.2) is 0 Å². The van der Waals surface area contributed by atoms with Gasteiger partial charge >= 0.3 is 0 Å². The summed E-state index contributed by atoms with van der Waals surface area (Å²) in [5.74, 6) is -0.323. The molecular weight excluding hydrogens is 270 g/mol. The standard InChI is InChI=1S/C15H29N3O3/c1-14(2)9-11(10-15(3,4)18(14)21)17-13(20)8-6-5-7-12(16)19/h11,21H,5-10H2,1-4H3,(H2,16,19)(H,17,20). The van der Waals surface area contributed by atoms with Crippen molar-refractivity contribution in [2.24, 2.45) is 5.73 Å². The molecule has 0 aromatic heterocycles. The number of primary amides is 1. The highest BCUT2D eigenvalue weighted by Crippen LogP contribution is 2.36. The van der Waals surface area contributed by atoms with Gasteiger partial charge in [0.05, 0.1) is 0 Å². The van der Waals surface area contributed by atoms with Crippen molar-refractivity contribution in [1.82, 2.24) is 10.4 Å². The van der Waals surface area contributed by atoms with Crippen LogP contribution < -0.4 is 11.1 Å². The highest BCUT2D eigenvalue weighted by Gasteiger charge is 2.45. The fraction of sp³-hybridized carbons (Fsp3) is 0.867. The molecular formula is C15H29N3O3. The second-order valence-electron chi connectivity index (χ2n) is 7.28. The van der Waals surface area contributed by atoms with Crippen LogP contribution >= 0.6 is 0 Å². The number of nitrogens with one attached hydrogen (secondary N) is 1. The third-order valence-electron chi connectivity index (χ3n) is 4.08. The van der Waals surface area contributed by atoms with E-state index in [1.165, 1.54) is 5.06 Å². The van der Waals surface area contributed by atoms with E-state index < -0.39 is 0 Å². The van der Waals surface area contributed by atoms with Gasteiger partial charge in [0.1, 0.15) is 0 Å². The topological polar surface area (TPSA) is 95.7 Å².